The van der Waals surface area contributed by atoms with E-state index in [0.29, 0.717) is 5.56 Å². The van der Waals surface area contributed by atoms with Crippen LogP contribution in [0.3, 0.4) is 0 Å². The highest BCUT2D eigenvalue weighted by Crippen LogP contribution is 2.37. The van der Waals surface area contributed by atoms with E-state index in [-0.39, 0.29) is 22.8 Å². The predicted molar refractivity (Wildman–Crippen MR) is 60.0 cm³/mol. The number of phenols is 3. The molecular weight excluding hydrogens is 192 g/mol. The van der Waals surface area contributed by atoms with E-state index in [1.165, 1.54) is 6.07 Å². The third-order valence-corrected chi connectivity index (χ3v) is 2.08. The number of aromatic hydroxyl groups is 3. The molecule has 3 nitrogen and oxygen atoms in total. The number of phenolic OH excluding ortho intramolecular Hbond substituents is 3. The highest BCUT2D eigenvalue weighted by molar-refractivity contribution is 5.69. The van der Waals surface area contributed by atoms with Crippen molar-refractivity contribution in [3.8, 4) is 17.2 Å². The molecule has 0 heterocycles. The molecule has 0 aliphatic carbocycles. The van der Waals surface area contributed by atoms with Crippen LogP contribution in [0.2, 0.25) is 0 Å². The Hall–Kier alpha value is -1.90. The fraction of sp³-hybridized carbons (Fsp3) is 0.167. The van der Waals surface area contributed by atoms with Gasteiger partial charge in [-0.1, -0.05) is 18.2 Å². The third kappa shape index (κ3) is 2.31. The number of hydrogen-bond donors (Lipinski definition) is 3. The summed E-state index contributed by atoms with van der Waals surface area (Å²) >= 11 is 0. The monoisotopic (exact) mass is 206 g/mol. The lowest BCUT2D eigenvalue weighted by Crippen LogP contribution is -1.83. The van der Waals surface area contributed by atoms with E-state index in [9.17, 15) is 15.3 Å². The van der Waals surface area contributed by atoms with Gasteiger partial charge in [-0.25, -0.2) is 0 Å². The van der Waals surface area contributed by atoms with Crippen molar-refractivity contribution in [3.05, 3.63) is 35.4 Å². The van der Waals surface area contributed by atoms with Gasteiger partial charge in [0.15, 0.2) is 0 Å². The van der Waals surface area contributed by atoms with Crippen molar-refractivity contribution in [2.45, 2.75) is 13.8 Å². The van der Waals surface area contributed by atoms with Gasteiger partial charge in [-0.15, -0.1) is 0 Å². The van der Waals surface area contributed by atoms with E-state index in [1.54, 1.807) is 26.0 Å². The summed E-state index contributed by atoms with van der Waals surface area (Å²) < 4.78 is 0. The van der Waals surface area contributed by atoms with Crippen LogP contribution >= 0.6 is 0 Å². The largest absolute Gasteiger partial charge is 0.507 e. The first kappa shape index (κ1) is 11.2. The second-order valence-corrected chi connectivity index (χ2v) is 3.48. The van der Waals surface area contributed by atoms with Crippen molar-refractivity contribution in [1.82, 2.24) is 0 Å². The molecule has 1 aromatic carbocycles. The quantitative estimate of drug-likeness (QED) is 0.652. The molecule has 0 fully saturated rings. The van der Waals surface area contributed by atoms with Crippen LogP contribution in [0.5, 0.6) is 17.2 Å². The molecule has 0 aliphatic rings. The Bertz CT molecular complexity index is 431. The van der Waals surface area contributed by atoms with Gasteiger partial charge >= 0.3 is 0 Å². The van der Waals surface area contributed by atoms with E-state index in [4.69, 9.17) is 0 Å². The lowest BCUT2D eigenvalue weighted by atomic mass is 10.1. The second-order valence-electron chi connectivity index (χ2n) is 3.48. The third-order valence-electron chi connectivity index (χ3n) is 2.08. The zero-order valence-corrected chi connectivity index (χ0v) is 8.78. The maximum Gasteiger partial charge on any atom is 0.133 e. The minimum Gasteiger partial charge on any atom is -0.507 e. The van der Waals surface area contributed by atoms with Crippen molar-refractivity contribution < 1.29 is 15.3 Å². The Balaban J connectivity index is 3.30. The first-order valence-electron chi connectivity index (χ1n) is 4.51. The van der Waals surface area contributed by atoms with Crippen LogP contribution in [-0.2, 0) is 0 Å². The molecule has 0 saturated heterocycles. The standard InChI is InChI=1S/C12H14O3/c1-7(2)4-5-9-11(14)6-10(13)8(3)12(9)15/h4-6,13-15H,1H2,2-3H3. The van der Waals surface area contributed by atoms with Crippen LogP contribution in [0.15, 0.2) is 24.3 Å². The normalized spacial score (nSPS) is 10.8. The number of allylic oxidation sites excluding steroid dienone is 2. The van der Waals surface area contributed by atoms with E-state index in [0.717, 1.165) is 5.57 Å². The highest BCUT2D eigenvalue weighted by atomic mass is 16.3. The van der Waals surface area contributed by atoms with Crippen molar-refractivity contribution >= 4 is 6.08 Å². The van der Waals surface area contributed by atoms with Gasteiger partial charge in [0.05, 0.1) is 5.56 Å². The lowest BCUT2D eigenvalue weighted by molar-refractivity contribution is 0.421. The van der Waals surface area contributed by atoms with Gasteiger partial charge < -0.3 is 15.3 Å². The molecule has 15 heavy (non-hydrogen) atoms. The maximum atomic E-state index is 9.67. The molecular formula is C12H14O3. The van der Waals surface area contributed by atoms with E-state index in [1.807, 2.05) is 0 Å². The highest BCUT2D eigenvalue weighted by Gasteiger charge is 2.11. The van der Waals surface area contributed by atoms with Crippen molar-refractivity contribution in [2.75, 3.05) is 0 Å². The van der Waals surface area contributed by atoms with E-state index >= 15 is 0 Å². The van der Waals surface area contributed by atoms with E-state index in [2.05, 4.69) is 6.58 Å². The fourth-order valence-corrected chi connectivity index (χ4v) is 1.15. The molecule has 0 amide bonds. The SMILES string of the molecule is C=C(C)C=Cc1c(O)cc(O)c(C)c1O. The summed E-state index contributed by atoms with van der Waals surface area (Å²) in [6.45, 7) is 7.05. The van der Waals surface area contributed by atoms with Gasteiger partial charge in [0.25, 0.3) is 0 Å². The van der Waals surface area contributed by atoms with Crippen molar-refractivity contribution in [2.24, 2.45) is 0 Å². The van der Waals surface area contributed by atoms with Crippen LogP contribution in [0.4, 0.5) is 0 Å². The van der Waals surface area contributed by atoms with Gasteiger partial charge in [0.1, 0.15) is 17.2 Å². The second kappa shape index (κ2) is 4.09. The average Bonchev–Trinajstić information content (AvgIpc) is 2.14. The zero-order chi connectivity index (χ0) is 11.6. The maximum absolute atomic E-state index is 9.67. The molecule has 0 unspecified atom stereocenters. The molecule has 0 aromatic heterocycles. The minimum atomic E-state index is -0.159. The first-order valence-corrected chi connectivity index (χ1v) is 4.51. The van der Waals surface area contributed by atoms with Crippen LogP contribution < -0.4 is 0 Å². The summed E-state index contributed by atoms with van der Waals surface area (Å²) in [7, 11) is 0. The Morgan fingerprint density at radius 3 is 2.40 bits per heavy atom. The molecule has 3 heteroatoms. The first-order chi connectivity index (χ1) is 6.93. The number of hydrogen-bond acceptors (Lipinski definition) is 3. The fourth-order valence-electron chi connectivity index (χ4n) is 1.15. The van der Waals surface area contributed by atoms with Crippen molar-refractivity contribution in [3.63, 3.8) is 0 Å². The Kier molecular flexibility index (Phi) is 3.04. The summed E-state index contributed by atoms with van der Waals surface area (Å²) in [4.78, 5) is 0. The summed E-state index contributed by atoms with van der Waals surface area (Å²) in [5, 5.41) is 28.5. The molecule has 0 aliphatic heterocycles. The van der Waals surface area contributed by atoms with Crippen LogP contribution in [0.25, 0.3) is 6.08 Å². The van der Waals surface area contributed by atoms with Crippen LogP contribution in [0, 0.1) is 6.92 Å². The lowest BCUT2D eigenvalue weighted by Gasteiger charge is -2.07. The Morgan fingerprint density at radius 2 is 1.87 bits per heavy atom. The number of benzene rings is 1. The van der Waals surface area contributed by atoms with Crippen LogP contribution in [-0.4, -0.2) is 15.3 Å². The summed E-state index contributed by atoms with van der Waals surface area (Å²) in [5.41, 5.74) is 1.43. The Morgan fingerprint density at radius 1 is 1.27 bits per heavy atom. The molecule has 0 spiro atoms. The van der Waals surface area contributed by atoms with Gasteiger partial charge in [0, 0.05) is 11.6 Å². The Labute approximate surface area is 88.6 Å². The van der Waals surface area contributed by atoms with Gasteiger partial charge in [-0.05, 0) is 19.9 Å². The summed E-state index contributed by atoms with van der Waals surface area (Å²) in [5.74, 6) is -0.407. The topological polar surface area (TPSA) is 60.7 Å². The molecule has 3 N–H and O–H groups in total. The molecule has 0 saturated carbocycles. The summed E-state index contributed by atoms with van der Waals surface area (Å²) in [6, 6.07) is 1.20. The molecule has 1 rings (SSSR count). The molecule has 1 aromatic rings. The smallest absolute Gasteiger partial charge is 0.133 e. The van der Waals surface area contributed by atoms with E-state index < -0.39 is 0 Å². The van der Waals surface area contributed by atoms with Gasteiger partial charge in [0.2, 0.25) is 0 Å². The molecule has 0 radical (unpaired) electrons. The average molecular weight is 206 g/mol. The van der Waals surface area contributed by atoms with Crippen molar-refractivity contribution in [1.29, 1.82) is 0 Å². The van der Waals surface area contributed by atoms with Crippen LogP contribution in [0.1, 0.15) is 18.1 Å². The van der Waals surface area contributed by atoms with Gasteiger partial charge in [-0.2, -0.15) is 0 Å². The molecule has 80 valence electrons. The predicted octanol–water partition coefficient (Wildman–Crippen LogP) is 2.70. The summed E-state index contributed by atoms with van der Waals surface area (Å²) in [6.07, 6.45) is 3.23. The number of rotatable bonds is 2. The zero-order valence-electron chi connectivity index (χ0n) is 8.78. The minimum absolute atomic E-state index is 0.120. The molecule has 0 atom stereocenters. The molecule has 0 bridgehead atoms. The van der Waals surface area contributed by atoms with Gasteiger partial charge in [-0.3, -0.25) is 0 Å².